The van der Waals surface area contributed by atoms with Gasteiger partial charge in [0.15, 0.2) is 0 Å². The number of halogens is 1. The average Bonchev–Trinajstić information content (AvgIpc) is 2.65. The number of hydrogen-bond acceptors (Lipinski definition) is 3. The van der Waals surface area contributed by atoms with Crippen molar-refractivity contribution in [2.24, 2.45) is 0 Å². The van der Waals surface area contributed by atoms with E-state index < -0.39 is 0 Å². The van der Waals surface area contributed by atoms with E-state index in [1.54, 1.807) is 0 Å². The molecule has 0 atom stereocenters. The van der Waals surface area contributed by atoms with E-state index in [4.69, 9.17) is 10.5 Å². The molecule has 2 rings (SSSR count). The van der Waals surface area contributed by atoms with Crippen molar-refractivity contribution in [1.29, 1.82) is 0 Å². The molecule has 1 heterocycles. The maximum Gasteiger partial charge on any atom is 0.236 e. The first kappa shape index (κ1) is 13.9. The van der Waals surface area contributed by atoms with Gasteiger partial charge in [-0.15, -0.1) is 0 Å². The molecule has 0 aliphatic heterocycles. The summed E-state index contributed by atoms with van der Waals surface area (Å²) in [6.45, 7) is 5.31. The fourth-order valence-electron chi connectivity index (χ4n) is 1.82. The Morgan fingerprint density at radius 3 is 2.63 bits per heavy atom. The second-order valence-electron chi connectivity index (χ2n) is 4.44. The van der Waals surface area contributed by atoms with Crippen LogP contribution in [0, 0.1) is 6.92 Å². The fourth-order valence-corrected chi connectivity index (χ4v) is 2.09. The number of aryl methyl sites for hydroxylation is 2. The molecule has 2 aromatic rings. The van der Waals surface area contributed by atoms with E-state index in [0.717, 1.165) is 28.7 Å². The molecule has 1 aromatic heterocycles. The van der Waals surface area contributed by atoms with E-state index in [0.29, 0.717) is 18.2 Å². The molecule has 1 aromatic carbocycles. The monoisotopic (exact) mass is 323 g/mol. The van der Waals surface area contributed by atoms with Crippen molar-refractivity contribution >= 4 is 21.6 Å². The summed E-state index contributed by atoms with van der Waals surface area (Å²) in [5.74, 6) is 0.669. The minimum atomic E-state index is 0.492. The summed E-state index contributed by atoms with van der Waals surface area (Å²) in [5, 5.41) is 4.39. The molecule has 2 N–H and O–H groups in total. The number of aromatic nitrogens is 2. The van der Waals surface area contributed by atoms with Gasteiger partial charge in [-0.2, -0.15) is 5.10 Å². The van der Waals surface area contributed by atoms with E-state index in [1.165, 1.54) is 0 Å². The lowest BCUT2D eigenvalue weighted by Crippen LogP contribution is -2.06. The average molecular weight is 324 g/mol. The van der Waals surface area contributed by atoms with Crippen LogP contribution in [0.15, 0.2) is 28.7 Å². The molecule has 5 heteroatoms. The summed E-state index contributed by atoms with van der Waals surface area (Å²) in [4.78, 5) is 0. The van der Waals surface area contributed by atoms with Crippen LogP contribution >= 0.6 is 15.9 Å². The third kappa shape index (κ3) is 3.29. The van der Waals surface area contributed by atoms with Crippen molar-refractivity contribution in [3.8, 4) is 5.88 Å². The molecule has 19 heavy (non-hydrogen) atoms. The molecule has 0 unspecified atom stereocenters. The maximum absolute atomic E-state index is 6.01. The van der Waals surface area contributed by atoms with Crippen LogP contribution < -0.4 is 10.5 Å². The van der Waals surface area contributed by atoms with Crippen molar-refractivity contribution in [3.63, 3.8) is 0 Å². The summed E-state index contributed by atoms with van der Waals surface area (Å²) in [7, 11) is 0. The van der Waals surface area contributed by atoms with Gasteiger partial charge >= 0.3 is 0 Å². The van der Waals surface area contributed by atoms with Crippen LogP contribution in [0.25, 0.3) is 0 Å². The SMILES string of the molecule is CCCn1nc(C)c(N)c1OCc1ccc(Br)cc1. The highest BCUT2D eigenvalue weighted by atomic mass is 79.9. The molecule has 0 spiro atoms. The Morgan fingerprint density at radius 2 is 2.00 bits per heavy atom. The van der Waals surface area contributed by atoms with Crippen LogP contribution in [0.4, 0.5) is 5.69 Å². The first-order chi connectivity index (χ1) is 9.11. The van der Waals surface area contributed by atoms with Crippen LogP contribution in [-0.2, 0) is 13.2 Å². The van der Waals surface area contributed by atoms with Crippen molar-refractivity contribution in [3.05, 3.63) is 40.0 Å². The summed E-state index contributed by atoms with van der Waals surface area (Å²) >= 11 is 3.41. The number of nitrogens with zero attached hydrogens (tertiary/aromatic N) is 2. The summed E-state index contributed by atoms with van der Waals surface area (Å²) in [6.07, 6.45) is 0.995. The molecule has 0 saturated carbocycles. The van der Waals surface area contributed by atoms with Crippen molar-refractivity contribution in [2.45, 2.75) is 33.4 Å². The number of ether oxygens (including phenoxy) is 1. The number of nitrogen functional groups attached to an aromatic ring is 1. The summed E-state index contributed by atoms with van der Waals surface area (Å²) < 4.78 is 8.72. The van der Waals surface area contributed by atoms with E-state index in [-0.39, 0.29) is 0 Å². The van der Waals surface area contributed by atoms with E-state index in [9.17, 15) is 0 Å². The normalized spacial score (nSPS) is 10.7. The Hall–Kier alpha value is -1.49. The standard InChI is InChI=1S/C14H18BrN3O/c1-3-8-18-14(13(16)10(2)17-18)19-9-11-4-6-12(15)7-5-11/h4-7H,3,8-9,16H2,1-2H3. The van der Waals surface area contributed by atoms with Gasteiger partial charge in [-0.1, -0.05) is 35.0 Å². The predicted octanol–water partition coefficient (Wildman–Crippen LogP) is 3.53. The molecule has 102 valence electrons. The van der Waals surface area contributed by atoms with Crippen LogP contribution in [-0.4, -0.2) is 9.78 Å². The van der Waals surface area contributed by atoms with Gasteiger partial charge in [0.1, 0.15) is 12.3 Å². The topological polar surface area (TPSA) is 53.1 Å². The first-order valence-electron chi connectivity index (χ1n) is 6.32. The quantitative estimate of drug-likeness (QED) is 0.915. The second kappa shape index (κ2) is 6.10. The molecule has 0 aliphatic rings. The van der Waals surface area contributed by atoms with Crippen molar-refractivity contribution in [2.75, 3.05) is 5.73 Å². The number of hydrogen-bond donors (Lipinski definition) is 1. The zero-order chi connectivity index (χ0) is 13.8. The molecule has 0 fully saturated rings. The Bertz CT molecular complexity index is 549. The van der Waals surface area contributed by atoms with E-state index in [2.05, 4.69) is 28.0 Å². The Kier molecular flexibility index (Phi) is 4.47. The number of nitrogens with two attached hydrogens (primary N) is 1. The van der Waals surface area contributed by atoms with Gasteiger partial charge in [-0.05, 0) is 31.0 Å². The molecule has 0 bridgehead atoms. The van der Waals surface area contributed by atoms with Crippen molar-refractivity contribution in [1.82, 2.24) is 9.78 Å². The van der Waals surface area contributed by atoms with Gasteiger partial charge in [-0.3, -0.25) is 0 Å². The largest absolute Gasteiger partial charge is 0.471 e. The summed E-state index contributed by atoms with van der Waals surface area (Å²) in [5.41, 5.74) is 8.56. The van der Waals surface area contributed by atoms with Gasteiger partial charge in [0.25, 0.3) is 0 Å². The lowest BCUT2D eigenvalue weighted by Gasteiger charge is -2.09. The lowest BCUT2D eigenvalue weighted by molar-refractivity contribution is 0.273. The summed E-state index contributed by atoms with van der Waals surface area (Å²) in [6, 6.07) is 8.04. The Labute approximate surface area is 121 Å². The van der Waals surface area contributed by atoms with Gasteiger partial charge in [0.2, 0.25) is 5.88 Å². The minimum absolute atomic E-state index is 0.492. The molecule has 0 amide bonds. The Morgan fingerprint density at radius 1 is 1.32 bits per heavy atom. The van der Waals surface area contributed by atoms with Crippen LogP contribution in [0.1, 0.15) is 24.6 Å². The predicted molar refractivity (Wildman–Crippen MR) is 80.1 cm³/mol. The maximum atomic E-state index is 6.01. The molecule has 4 nitrogen and oxygen atoms in total. The zero-order valence-electron chi connectivity index (χ0n) is 11.2. The minimum Gasteiger partial charge on any atom is -0.471 e. The third-order valence-electron chi connectivity index (χ3n) is 2.85. The van der Waals surface area contributed by atoms with Gasteiger partial charge in [0, 0.05) is 11.0 Å². The van der Waals surface area contributed by atoms with E-state index >= 15 is 0 Å². The number of benzene rings is 1. The van der Waals surface area contributed by atoms with Crippen LogP contribution in [0.5, 0.6) is 5.88 Å². The zero-order valence-corrected chi connectivity index (χ0v) is 12.8. The van der Waals surface area contributed by atoms with E-state index in [1.807, 2.05) is 35.9 Å². The third-order valence-corrected chi connectivity index (χ3v) is 3.38. The fraction of sp³-hybridized carbons (Fsp3) is 0.357. The van der Waals surface area contributed by atoms with Gasteiger partial charge < -0.3 is 10.5 Å². The second-order valence-corrected chi connectivity index (χ2v) is 5.36. The molecular weight excluding hydrogens is 306 g/mol. The first-order valence-corrected chi connectivity index (χ1v) is 7.11. The molecule has 0 saturated heterocycles. The van der Waals surface area contributed by atoms with Gasteiger partial charge in [-0.25, -0.2) is 4.68 Å². The van der Waals surface area contributed by atoms with Crippen LogP contribution in [0.3, 0.4) is 0 Å². The highest BCUT2D eigenvalue weighted by Gasteiger charge is 2.13. The highest BCUT2D eigenvalue weighted by Crippen LogP contribution is 2.26. The number of rotatable bonds is 5. The van der Waals surface area contributed by atoms with Crippen molar-refractivity contribution < 1.29 is 4.74 Å². The highest BCUT2D eigenvalue weighted by molar-refractivity contribution is 9.10. The Balaban J connectivity index is 2.12. The molecule has 0 radical (unpaired) electrons. The number of anilines is 1. The molecular formula is C14H18BrN3O. The molecule has 0 aliphatic carbocycles. The van der Waals surface area contributed by atoms with Gasteiger partial charge in [0.05, 0.1) is 5.69 Å². The lowest BCUT2D eigenvalue weighted by atomic mass is 10.2. The van der Waals surface area contributed by atoms with Crippen LogP contribution in [0.2, 0.25) is 0 Å². The smallest absolute Gasteiger partial charge is 0.236 e.